The maximum Gasteiger partial charge on any atom is 0.262 e. The van der Waals surface area contributed by atoms with Crippen molar-refractivity contribution < 1.29 is 0 Å². The molecule has 0 amide bonds. The van der Waals surface area contributed by atoms with Gasteiger partial charge in [0.25, 0.3) is 5.95 Å². The van der Waals surface area contributed by atoms with Crippen LogP contribution >= 0.6 is 23.8 Å². The van der Waals surface area contributed by atoms with E-state index in [9.17, 15) is 0 Å². The molecule has 6 nitrogen and oxygen atoms in total. The number of nitrogens with zero attached hydrogens (tertiary/aromatic N) is 3. The minimum atomic E-state index is 0.311. The molecule has 0 aliphatic carbocycles. The van der Waals surface area contributed by atoms with E-state index in [1.165, 1.54) is 4.68 Å². The SMILES string of the molecule is Nn1c(N/N=C/c2cccc(Cl)c2)n[nH]c1=S. The predicted molar refractivity (Wildman–Crippen MR) is 70.2 cm³/mol. The molecule has 88 valence electrons. The van der Waals surface area contributed by atoms with Crippen molar-refractivity contribution in [1.29, 1.82) is 0 Å². The molecule has 1 aromatic carbocycles. The van der Waals surface area contributed by atoms with Gasteiger partial charge in [0.05, 0.1) is 6.21 Å². The number of hydrogen-bond donors (Lipinski definition) is 3. The smallest absolute Gasteiger partial charge is 0.262 e. The topological polar surface area (TPSA) is 84.0 Å². The first-order chi connectivity index (χ1) is 8.16. The molecule has 2 aromatic rings. The molecule has 0 aliphatic rings. The number of H-pyrrole nitrogens is 1. The van der Waals surface area contributed by atoms with Gasteiger partial charge >= 0.3 is 0 Å². The van der Waals surface area contributed by atoms with Gasteiger partial charge in [-0.1, -0.05) is 23.7 Å². The number of aromatic amines is 1. The third-order valence-electron chi connectivity index (χ3n) is 1.93. The van der Waals surface area contributed by atoms with Crippen LogP contribution in [-0.4, -0.2) is 21.1 Å². The fourth-order valence-corrected chi connectivity index (χ4v) is 1.47. The Bertz CT molecular complexity index is 602. The molecule has 4 N–H and O–H groups in total. The van der Waals surface area contributed by atoms with Crippen LogP contribution in [-0.2, 0) is 0 Å². The maximum atomic E-state index is 5.83. The van der Waals surface area contributed by atoms with Crippen molar-refractivity contribution in [3.63, 3.8) is 0 Å². The predicted octanol–water partition coefficient (Wildman–Crippen LogP) is 1.75. The largest absolute Gasteiger partial charge is 0.334 e. The zero-order valence-electron chi connectivity index (χ0n) is 8.59. The van der Waals surface area contributed by atoms with Crippen LogP contribution in [0.25, 0.3) is 0 Å². The molecule has 1 heterocycles. The van der Waals surface area contributed by atoms with E-state index in [-0.39, 0.29) is 0 Å². The van der Waals surface area contributed by atoms with Crippen LogP contribution < -0.4 is 11.3 Å². The molecular weight excluding hydrogens is 260 g/mol. The molecule has 0 fully saturated rings. The zero-order chi connectivity index (χ0) is 12.3. The van der Waals surface area contributed by atoms with E-state index in [2.05, 4.69) is 20.7 Å². The Morgan fingerprint density at radius 1 is 1.59 bits per heavy atom. The van der Waals surface area contributed by atoms with Crippen LogP contribution in [0, 0.1) is 4.77 Å². The third-order valence-corrected chi connectivity index (χ3v) is 2.45. The number of halogens is 1. The van der Waals surface area contributed by atoms with Crippen molar-refractivity contribution >= 4 is 36.0 Å². The summed E-state index contributed by atoms with van der Waals surface area (Å²) in [5.41, 5.74) is 3.52. The summed E-state index contributed by atoms with van der Waals surface area (Å²) >= 11 is 10.7. The molecule has 0 radical (unpaired) electrons. The van der Waals surface area contributed by atoms with Crippen LogP contribution in [0.2, 0.25) is 5.02 Å². The summed E-state index contributed by atoms with van der Waals surface area (Å²) in [5.74, 6) is 5.89. The van der Waals surface area contributed by atoms with E-state index in [1.807, 2.05) is 12.1 Å². The molecule has 2 rings (SSSR count). The van der Waals surface area contributed by atoms with Crippen LogP contribution in [0.3, 0.4) is 0 Å². The van der Waals surface area contributed by atoms with Gasteiger partial charge in [-0.3, -0.25) is 0 Å². The van der Waals surface area contributed by atoms with Gasteiger partial charge in [0, 0.05) is 5.02 Å². The normalized spacial score (nSPS) is 10.9. The first kappa shape index (κ1) is 11.6. The van der Waals surface area contributed by atoms with Gasteiger partial charge in [-0.15, -0.1) is 5.10 Å². The molecular formula is C9H9ClN6S. The summed E-state index contributed by atoms with van der Waals surface area (Å²) in [6, 6.07) is 7.28. The molecule has 0 aliphatic heterocycles. The standard InChI is InChI=1S/C9H9ClN6S/c10-7-3-1-2-6(4-7)5-12-13-8-14-15-9(17)16(8)11/h1-5H,11H2,(H,13,14)(H,15,17)/b12-5+. The van der Waals surface area contributed by atoms with Crippen molar-refractivity contribution in [2.24, 2.45) is 5.10 Å². The second-order valence-corrected chi connectivity index (χ2v) is 3.97. The lowest BCUT2D eigenvalue weighted by molar-refractivity contribution is 0.971. The van der Waals surface area contributed by atoms with Crippen molar-refractivity contribution in [3.8, 4) is 0 Å². The maximum absolute atomic E-state index is 5.83. The average Bonchev–Trinajstić information content (AvgIpc) is 2.61. The molecule has 0 saturated heterocycles. The number of hydrazone groups is 1. The molecule has 8 heteroatoms. The van der Waals surface area contributed by atoms with Gasteiger partial charge in [-0.05, 0) is 29.9 Å². The number of anilines is 1. The average molecular weight is 269 g/mol. The lowest BCUT2D eigenvalue weighted by Gasteiger charge is -1.98. The van der Waals surface area contributed by atoms with Crippen molar-refractivity contribution in [1.82, 2.24) is 14.9 Å². The Balaban J connectivity index is 2.08. The number of benzene rings is 1. The summed E-state index contributed by atoms with van der Waals surface area (Å²) in [5, 5.41) is 11.0. The van der Waals surface area contributed by atoms with Gasteiger partial charge in [0.1, 0.15) is 0 Å². The number of nitrogen functional groups attached to an aromatic ring is 1. The summed E-state index contributed by atoms with van der Waals surface area (Å²) in [6.45, 7) is 0. The summed E-state index contributed by atoms with van der Waals surface area (Å²) in [4.78, 5) is 0. The molecule has 17 heavy (non-hydrogen) atoms. The lowest BCUT2D eigenvalue weighted by atomic mass is 10.2. The van der Waals surface area contributed by atoms with E-state index in [1.54, 1.807) is 18.3 Å². The highest BCUT2D eigenvalue weighted by molar-refractivity contribution is 7.71. The minimum absolute atomic E-state index is 0.311. The highest BCUT2D eigenvalue weighted by Crippen LogP contribution is 2.08. The van der Waals surface area contributed by atoms with Gasteiger partial charge in [-0.2, -0.15) is 9.78 Å². The number of rotatable bonds is 3. The fourth-order valence-electron chi connectivity index (χ4n) is 1.13. The molecule has 0 saturated carbocycles. The quantitative estimate of drug-likeness (QED) is 0.343. The number of hydrogen-bond acceptors (Lipinski definition) is 5. The highest BCUT2D eigenvalue weighted by Gasteiger charge is 1.99. The van der Waals surface area contributed by atoms with Crippen LogP contribution in [0.1, 0.15) is 5.56 Å². The summed E-state index contributed by atoms with van der Waals surface area (Å²) < 4.78 is 1.50. The molecule has 1 aromatic heterocycles. The lowest BCUT2D eigenvalue weighted by Crippen LogP contribution is -2.11. The monoisotopic (exact) mass is 268 g/mol. The van der Waals surface area contributed by atoms with Crippen molar-refractivity contribution in [3.05, 3.63) is 39.6 Å². The third kappa shape index (κ3) is 2.83. The van der Waals surface area contributed by atoms with Crippen LogP contribution in [0.15, 0.2) is 29.4 Å². The molecule has 0 unspecified atom stereocenters. The Labute approximate surface area is 107 Å². The van der Waals surface area contributed by atoms with E-state index >= 15 is 0 Å². The van der Waals surface area contributed by atoms with E-state index < -0.39 is 0 Å². The van der Waals surface area contributed by atoms with Gasteiger partial charge in [-0.25, -0.2) is 10.5 Å². The van der Waals surface area contributed by atoms with Gasteiger partial charge < -0.3 is 5.84 Å². The van der Waals surface area contributed by atoms with Gasteiger partial charge in [0.2, 0.25) is 4.77 Å². The van der Waals surface area contributed by atoms with Crippen molar-refractivity contribution in [2.75, 3.05) is 11.3 Å². The number of aromatic nitrogens is 3. The second kappa shape index (κ2) is 4.98. The van der Waals surface area contributed by atoms with E-state index in [0.717, 1.165) is 5.56 Å². The Kier molecular flexibility index (Phi) is 3.40. The second-order valence-electron chi connectivity index (χ2n) is 3.15. The molecule has 0 spiro atoms. The molecule has 0 atom stereocenters. The minimum Gasteiger partial charge on any atom is -0.334 e. The zero-order valence-corrected chi connectivity index (χ0v) is 10.2. The van der Waals surface area contributed by atoms with E-state index in [0.29, 0.717) is 15.7 Å². The van der Waals surface area contributed by atoms with Crippen LogP contribution in [0.4, 0.5) is 5.95 Å². The Morgan fingerprint density at radius 2 is 2.41 bits per heavy atom. The molecule has 0 bridgehead atoms. The highest BCUT2D eigenvalue weighted by atomic mass is 35.5. The fraction of sp³-hybridized carbons (Fsp3) is 0. The number of nitrogens with one attached hydrogen (secondary N) is 2. The van der Waals surface area contributed by atoms with Gasteiger partial charge in [0.15, 0.2) is 0 Å². The Morgan fingerprint density at radius 3 is 3.06 bits per heavy atom. The first-order valence-electron chi connectivity index (χ1n) is 4.64. The van der Waals surface area contributed by atoms with Crippen molar-refractivity contribution in [2.45, 2.75) is 0 Å². The Hall–Kier alpha value is -1.86. The first-order valence-corrected chi connectivity index (χ1v) is 5.42. The number of nitrogens with two attached hydrogens (primary N) is 1. The van der Waals surface area contributed by atoms with E-state index in [4.69, 9.17) is 29.7 Å². The summed E-state index contributed by atoms with van der Waals surface area (Å²) in [6.07, 6.45) is 1.60. The van der Waals surface area contributed by atoms with Crippen LogP contribution in [0.5, 0.6) is 0 Å². The summed E-state index contributed by atoms with van der Waals surface area (Å²) in [7, 11) is 0.